The first-order chi connectivity index (χ1) is 7.79. The van der Waals surface area contributed by atoms with Gasteiger partial charge in [0, 0.05) is 11.9 Å². The Morgan fingerprint density at radius 2 is 2.06 bits per heavy atom. The molecule has 0 amide bonds. The van der Waals surface area contributed by atoms with E-state index in [2.05, 4.69) is 20.1 Å². The third-order valence-electron chi connectivity index (χ3n) is 1.91. The third kappa shape index (κ3) is 2.27. The van der Waals surface area contributed by atoms with Crippen molar-refractivity contribution >= 4 is 28.8 Å². The molecule has 0 saturated heterocycles. The molecule has 5 heteroatoms. The van der Waals surface area contributed by atoms with Gasteiger partial charge in [0.05, 0.1) is 6.57 Å². The summed E-state index contributed by atoms with van der Waals surface area (Å²) in [4.78, 5) is 11.2. The second-order valence-corrected chi connectivity index (χ2v) is 3.30. The molecule has 1 N–H and O–H groups in total. The van der Waals surface area contributed by atoms with E-state index < -0.39 is 0 Å². The quantitative estimate of drug-likeness (QED) is 0.635. The van der Waals surface area contributed by atoms with Gasteiger partial charge in [-0.1, -0.05) is 18.2 Å². The van der Waals surface area contributed by atoms with Crippen molar-refractivity contribution in [1.82, 2.24) is 9.97 Å². The number of hydrogen-bond donors (Lipinski definition) is 1. The van der Waals surface area contributed by atoms with Crippen molar-refractivity contribution in [1.29, 1.82) is 0 Å². The number of para-hydroxylation sites is 2. The summed E-state index contributed by atoms with van der Waals surface area (Å²) >= 11 is 5.66. The molecule has 0 aliphatic rings. The molecule has 0 radical (unpaired) electrons. The Bertz CT molecular complexity index is 548. The number of hydrogen-bond acceptors (Lipinski definition) is 3. The maximum Gasteiger partial charge on any atom is 0.224 e. The minimum atomic E-state index is 0.172. The second-order valence-electron chi connectivity index (χ2n) is 2.96. The lowest BCUT2D eigenvalue weighted by Crippen LogP contribution is -1.94. The molecule has 4 nitrogen and oxygen atoms in total. The standard InChI is InChI=1S/C11H7ClN4/c1-13-8-4-2-3-5-9(8)15-10-6-7-14-11(12)16-10/h2-7H,(H,14,15,16). The molecule has 1 heterocycles. The lowest BCUT2D eigenvalue weighted by molar-refractivity contribution is 1.17. The van der Waals surface area contributed by atoms with Gasteiger partial charge in [0.15, 0.2) is 0 Å². The summed E-state index contributed by atoms with van der Waals surface area (Å²) in [7, 11) is 0. The van der Waals surface area contributed by atoms with E-state index in [1.54, 1.807) is 18.3 Å². The van der Waals surface area contributed by atoms with E-state index in [-0.39, 0.29) is 5.28 Å². The molecule has 0 saturated carbocycles. The van der Waals surface area contributed by atoms with Gasteiger partial charge in [0.1, 0.15) is 5.82 Å². The summed E-state index contributed by atoms with van der Waals surface area (Å²) in [5, 5.41) is 3.19. The van der Waals surface area contributed by atoms with Crippen LogP contribution in [0.4, 0.5) is 17.2 Å². The van der Waals surface area contributed by atoms with Crippen LogP contribution in [0.3, 0.4) is 0 Å². The van der Waals surface area contributed by atoms with Gasteiger partial charge in [-0.05, 0) is 23.7 Å². The van der Waals surface area contributed by atoms with E-state index in [0.29, 0.717) is 17.2 Å². The molecule has 78 valence electrons. The lowest BCUT2D eigenvalue weighted by atomic mass is 10.2. The Morgan fingerprint density at radius 1 is 1.25 bits per heavy atom. The monoisotopic (exact) mass is 230 g/mol. The maximum atomic E-state index is 7.02. The molecule has 0 atom stereocenters. The van der Waals surface area contributed by atoms with Crippen molar-refractivity contribution in [2.75, 3.05) is 5.32 Å². The highest BCUT2D eigenvalue weighted by Crippen LogP contribution is 2.26. The number of nitrogens with zero attached hydrogens (tertiary/aromatic N) is 3. The summed E-state index contributed by atoms with van der Waals surface area (Å²) in [5.41, 5.74) is 1.24. The first kappa shape index (κ1) is 10.4. The number of aromatic nitrogens is 2. The molecule has 0 unspecified atom stereocenters. The molecule has 2 rings (SSSR count). The van der Waals surface area contributed by atoms with E-state index in [1.165, 1.54) is 0 Å². The van der Waals surface area contributed by atoms with Crippen LogP contribution in [0, 0.1) is 6.57 Å². The van der Waals surface area contributed by atoms with Crippen LogP contribution in [-0.4, -0.2) is 9.97 Å². The summed E-state index contributed by atoms with van der Waals surface area (Å²) < 4.78 is 0. The SMILES string of the molecule is [C-]#[N+]c1ccccc1Nc1ccnc(Cl)n1. The fourth-order valence-electron chi connectivity index (χ4n) is 1.22. The molecular formula is C11H7ClN4. The van der Waals surface area contributed by atoms with Crippen LogP contribution in [-0.2, 0) is 0 Å². The van der Waals surface area contributed by atoms with Crippen molar-refractivity contribution in [3.63, 3.8) is 0 Å². The van der Waals surface area contributed by atoms with Crippen molar-refractivity contribution in [2.45, 2.75) is 0 Å². The summed E-state index contributed by atoms with van der Waals surface area (Å²) in [6.07, 6.45) is 1.55. The predicted octanol–water partition coefficient (Wildman–Crippen LogP) is 3.42. The fraction of sp³-hybridized carbons (Fsp3) is 0. The van der Waals surface area contributed by atoms with Crippen molar-refractivity contribution in [3.05, 3.63) is 53.2 Å². The smallest absolute Gasteiger partial charge is 0.224 e. The number of nitrogens with one attached hydrogen (secondary N) is 1. The van der Waals surface area contributed by atoms with Crippen LogP contribution < -0.4 is 5.32 Å². The van der Waals surface area contributed by atoms with Gasteiger partial charge >= 0.3 is 0 Å². The Morgan fingerprint density at radius 3 is 2.81 bits per heavy atom. The number of halogens is 1. The molecule has 0 bridgehead atoms. The largest absolute Gasteiger partial charge is 0.349 e. The zero-order chi connectivity index (χ0) is 11.4. The van der Waals surface area contributed by atoms with Crippen molar-refractivity contribution < 1.29 is 0 Å². The fourth-order valence-corrected chi connectivity index (χ4v) is 1.37. The van der Waals surface area contributed by atoms with Gasteiger partial charge in [-0.2, -0.15) is 0 Å². The van der Waals surface area contributed by atoms with E-state index in [1.807, 2.05) is 18.2 Å². The van der Waals surface area contributed by atoms with Crippen LogP contribution in [0.15, 0.2) is 36.5 Å². The van der Waals surface area contributed by atoms with Gasteiger partial charge < -0.3 is 5.32 Å². The minimum Gasteiger partial charge on any atom is -0.349 e. The van der Waals surface area contributed by atoms with Crippen LogP contribution in [0.1, 0.15) is 0 Å². The number of rotatable bonds is 2. The normalized spacial score (nSPS) is 9.50. The Labute approximate surface area is 97.7 Å². The highest BCUT2D eigenvalue weighted by Gasteiger charge is 2.02. The van der Waals surface area contributed by atoms with Crippen molar-refractivity contribution in [2.24, 2.45) is 0 Å². The van der Waals surface area contributed by atoms with Gasteiger partial charge in [0.25, 0.3) is 0 Å². The van der Waals surface area contributed by atoms with Gasteiger partial charge in [-0.25, -0.2) is 14.8 Å². The van der Waals surface area contributed by atoms with Crippen LogP contribution in [0.2, 0.25) is 5.28 Å². The molecular weight excluding hydrogens is 224 g/mol. The molecule has 1 aromatic carbocycles. The Kier molecular flexibility index (Phi) is 2.99. The summed E-state index contributed by atoms with van der Waals surface area (Å²) in [5.74, 6) is 0.566. The Hall–Kier alpha value is -2.12. The van der Waals surface area contributed by atoms with E-state index in [4.69, 9.17) is 18.2 Å². The lowest BCUT2D eigenvalue weighted by Gasteiger charge is -2.06. The molecule has 0 aliphatic carbocycles. The number of benzene rings is 1. The molecule has 0 fully saturated rings. The average Bonchev–Trinajstić information content (AvgIpc) is 2.30. The van der Waals surface area contributed by atoms with Gasteiger partial charge in [-0.15, -0.1) is 0 Å². The van der Waals surface area contributed by atoms with Crippen LogP contribution in [0.5, 0.6) is 0 Å². The van der Waals surface area contributed by atoms with Gasteiger partial charge in [-0.3, -0.25) is 0 Å². The topological polar surface area (TPSA) is 42.2 Å². The predicted molar refractivity (Wildman–Crippen MR) is 63.0 cm³/mol. The van der Waals surface area contributed by atoms with E-state index in [9.17, 15) is 0 Å². The van der Waals surface area contributed by atoms with E-state index in [0.717, 1.165) is 0 Å². The summed E-state index contributed by atoms with van der Waals surface area (Å²) in [6, 6.07) is 8.89. The van der Waals surface area contributed by atoms with Crippen LogP contribution in [0.25, 0.3) is 4.85 Å². The minimum absolute atomic E-state index is 0.172. The molecule has 2 aromatic rings. The first-order valence-corrected chi connectivity index (χ1v) is 4.89. The highest BCUT2D eigenvalue weighted by atomic mass is 35.5. The Balaban J connectivity index is 2.31. The molecule has 0 spiro atoms. The third-order valence-corrected chi connectivity index (χ3v) is 2.10. The van der Waals surface area contributed by atoms with Gasteiger partial charge in [0.2, 0.25) is 11.0 Å². The molecule has 0 aliphatic heterocycles. The first-order valence-electron chi connectivity index (χ1n) is 4.51. The molecule has 16 heavy (non-hydrogen) atoms. The van der Waals surface area contributed by atoms with Crippen LogP contribution >= 0.6 is 11.6 Å². The highest BCUT2D eigenvalue weighted by molar-refractivity contribution is 6.28. The van der Waals surface area contributed by atoms with E-state index >= 15 is 0 Å². The average molecular weight is 231 g/mol. The second kappa shape index (κ2) is 4.60. The number of anilines is 2. The summed E-state index contributed by atoms with van der Waals surface area (Å²) in [6.45, 7) is 7.02. The zero-order valence-corrected chi connectivity index (χ0v) is 8.94. The zero-order valence-electron chi connectivity index (χ0n) is 8.18. The van der Waals surface area contributed by atoms with Crippen molar-refractivity contribution in [3.8, 4) is 0 Å². The maximum absolute atomic E-state index is 7.02. The molecule has 1 aromatic heterocycles.